The van der Waals surface area contributed by atoms with Crippen LogP contribution in [0.5, 0.6) is 0 Å². The Balaban J connectivity index is 1.41. The lowest BCUT2D eigenvalue weighted by molar-refractivity contribution is -0.00805. The van der Waals surface area contributed by atoms with Gasteiger partial charge in [0.05, 0.1) is 19.3 Å². The molecule has 1 unspecified atom stereocenters. The second-order valence-corrected chi connectivity index (χ2v) is 8.27. The molecule has 0 bridgehead atoms. The number of morpholine rings is 1. The van der Waals surface area contributed by atoms with E-state index in [4.69, 9.17) is 4.74 Å². The highest BCUT2D eigenvalue weighted by Crippen LogP contribution is 2.49. The lowest BCUT2D eigenvalue weighted by atomic mass is 9.96. The first-order valence-electron chi connectivity index (χ1n) is 9.42. The molecule has 27 heavy (non-hydrogen) atoms. The van der Waals surface area contributed by atoms with Gasteiger partial charge in [-0.05, 0) is 24.5 Å². The van der Waals surface area contributed by atoms with Crippen LogP contribution in [0.1, 0.15) is 30.1 Å². The van der Waals surface area contributed by atoms with Crippen LogP contribution in [0.4, 0.5) is 0 Å². The van der Waals surface area contributed by atoms with Crippen LogP contribution in [0.25, 0.3) is 0 Å². The molecule has 4 rings (SSSR count). The van der Waals surface area contributed by atoms with Gasteiger partial charge in [-0.1, -0.05) is 34.1 Å². The lowest BCUT2D eigenvalue weighted by Gasteiger charge is -2.35. The van der Waals surface area contributed by atoms with Crippen molar-refractivity contribution in [2.75, 3.05) is 33.3 Å². The molecule has 6 nitrogen and oxygen atoms in total. The fourth-order valence-corrected chi connectivity index (χ4v) is 4.52. The summed E-state index contributed by atoms with van der Waals surface area (Å²) >= 11 is 3.72. The SMILES string of the molecule is CN=C(NCC1(c2ccccc2Br)CC1)N1CCOC(c2cnn(C)c2)C1. The molecule has 1 aromatic heterocycles. The third-order valence-corrected chi connectivity index (χ3v) is 6.25. The Kier molecular flexibility index (Phi) is 5.23. The first-order chi connectivity index (χ1) is 13.1. The van der Waals surface area contributed by atoms with E-state index in [2.05, 4.69) is 60.5 Å². The summed E-state index contributed by atoms with van der Waals surface area (Å²) in [6.45, 7) is 3.22. The Morgan fingerprint density at radius 3 is 2.89 bits per heavy atom. The number of hydrogen-bond donors (Lipinski definition) is 1. The summed E-state index contributed by atoms with van der Waals surface area (Å²) in [6.07, 6.45) is 6.36. The zero-order chi connectivity index (χ0) is 18.9. The maximum atomic E-state index is 5.96. The Hall–Kier alpha value is -1.86. The molecule has 1 aromatic carbocycles. The van der Waals surface area contributed by atoms with E-state index in [9.17, 15) is 0 Å². The molecule has 0 radical (unpaired) electrons. The van der Waals surface area contributed by atoms with Gasteiger partial charge >= 0.3 is 0 Å². The summed E-state index contributed by atoms with van der Waals surface area (Å²) in [6, 6.07) is 8.55. The molecule has 1 saturated heterocycles. The first-order valence-corrected chi connectivity index (χ1v) is 10.2. The molecule has 2 fully saturated rings. The molecule has 1 aliphatic carbocycles. The molecule has 0 spiro atoms. The quantitative estimate of drug-likeness (QED) is 0.597. The summed E-state index contributed by atoms with van der Waals surface area (Å²) in [5.74, 6) is 0.950. The van der Waals surface area contributed by atoms with Crippen LogP contribution >= 0.6 is 15.9 Å². The highest BCUT2D eigenvalue weighted by Gasteiger charge is 2.45. The second kappa shape index (κ2) is 7.64. The minimum absolute atomic E-state index is 0.0316. The summed E-state index contributed by atoms with van der Waals surface area (Å²) in [5, 5.41) is 7.89. The van der Waals surface area contributed by atoms with Gasteiger partial charge in [-0.3, -0.25) is 9.67 Å². The molecule has 7 heteroatoms. The average molecular weight is 432 g/mol. The van der Waals surface area contributed by atoms with Crippen molar-refractivity contribution in [3.8, 4) is 0 Å². The predicted octanol–water partition coefficient (Wildman–Crippen LogP) is 2.86. The van der Waals surface area contributed by atoms with Crippen LogP contribution in [0.3, 0.4) is 0 Å². The standard InChI is InChI=1S/C20H26BrN5O/c1-22-19(23-14-20(7-8-20)16-5-3-4-6-17(16)21)26-9-10-27-18(13-26)15-11-24-25(2)12-15/h3-6,11-12,18H,7-10,13-14H2,1-2H3,(H,22,23). The molecular formula is C20H26BrN5O. The van der Waals surface area contributed by atoms with E-state index in [1.807, 2.05) is 31.2 Å². The van der Waals surface area contributed by atoms with Gasteiger partial charge in [-0.2, -0.15) is 5.10 Å². The van der Waals surface area contributed by atoms with Crippen LogP contribution < -0.4 is 5.32 Å². The molecule has 2 heterocycles. The topological polar surface area (TPSA) is 54.7 Å². The van der Waals surface area contributed by atoms with Gasteiger partial charge in [-0.25, -0.2) is 0 Å². The fraction of sp³-hybridized carbons (Fsp3) is 0.500. The maximum absolute atomic E-state index is 5.96. The van der Waals surface area contributed by atoms with Crippen molar-refractivity contribution in [3.63, 3.8) is 0 Å². The zero-order valence-electron chi connectivity index (χ0n) is 15.9. The second-order valence-electron chi connectivity index (χ2n) is 7.41. The van der Waals surface area contributed by atoms with E-state index in [0.29, 0.717) is 6.61 Å². The van der Waals surface area contributed by atoms with Crippen molar-refractivity contribution in [2.24, 2.45) is 12.0 Å². The van der Waals surface area contributed by atoms with Gasteiger partial charge in [0.25, 0.3) is 0 Å². The number of guanidine groups is 1. The van der Waals surface area contributed by atoms with E-state index in [1.54, 1.807) is 0 Å². The highest BCUT2D eigenvalue weighted by atomic mass is 79.9. The number of ether oxygens (including phenoxy) is 1. The number of aromatic nitrogens is 2. The van der Waals surface area contributed by atoms with Crippen molar-refractivity contribution in [2.45, 2.75) is 24.4 Å². The Bertz CT molecular complexity index is 829. The van der Waals surface area contributed by atoms with E-state index < -0.39 is 0 Å². The van der Waals surface area contributed by atoms with Crippen molar-refractivity contribution in [1.29, 1.82) is 0 Å². The number of nitrogens with zero attached hydrogens (tertiary/aromatic N) is 4. The Morgan fingerprint density at radius 1 is 1.41 bits per heavy atom. The number of hydrogen-bond acceptors (Lipinski definition) is 3. The van der Waals surface area contributed by atoms with Gasteiger partial charge in [0.15, 0.2) is 5.96 Å². The zero-order valence-corrected chi connectivity index (χ0v) is 17.4. The predicted molar refractivity (Wildman–Crippen MR) is 110 cm³/mol. The third kappa shape index (κ3) is 3.89. The number of nitrogens with one attached hydrogen (secondary N) is 1. The van der Waals surface area contributed by atoms with E-state index in [0.717, 1.165) is 31.2 Å². The third-order valence-electron chi connectivity index (χ3n) is 5.56. The molecule has 144 valence electrons. The summed E-state index contributed by atoms with van der Waals surface area (Å²) in [4.78, 5) is 6.82. The Labute approximate surface area is 168 Å². The summed E-state index contributed by atoms with van der Waals surface area (Å²) in [5.41, 5.74) is 2.72. The van der Waals surface area contributed by atoms with E-state index >= 15 is 0 Å². The molecular weight excluding hydrogens is 406 g/mol. The summed E-state index contributed by atoms with van der Waals surface area (Å²) in [7, 11) is 3.79. The number of halogens is 1. The maximum Gasteiger partial charge on any atom is 0.193 e. The largest absolute Gasteiger partial charge is 0.370 e. The van der Waals surface area contributed by atoms with E-state index in [1.165, 1.54) is 22.9 Å². The molecule has 1 atom stereocenters. The van der Waals surface area contributed by atoms with Gasteiger partial charge < -0.3 is 15.0 Å². The molecule has 0 amide bonds. The minimum atomic E-state index is 0.0316. The van der Waals surface area contributed by atoms with Crippen LogP contribution in [-0.4, -0.2) is 53.9 Å². The number of benzene rings is 1. The molecule has 2 aromatic rings. The number of rotatable bonds is 4. The normalized spacial score (nSPS) is 22.0. The average Bonchev–Trinajstić information content (AvgIpc) is 3.34. The molecule has 1 saturated carbocycles. The van der Waals surface area contributed by atoms with Crippen molar-refractivity contribution in [1.82, 2.24) is 20.0 Å². The lowest BCUT2D eigenvalue weighted by Crippen LogP contribution is -2.49. The van der Waals surface area contributed by atoms with Gasteiger partial charge in [0.2, 0.25) is 0 Å². The van der Waals surface area contributed by atoms with Crippen LogP contribution in [-0.2, 0) is 17.2 Å². The Morgan fingerprint density at radius 2 is 2.22 bits per heavy atom. The molecule has 1 N–H and O–H groups in total. The minimum Gasteiger partial charge on any atom is -0.370 e. The van der Waals surface area contributed by atoms with Crippen LogP contribution in [0, 0.1) is 0 Å². The van der Waals surface area contributed by atoms with Crippen LogP contribution in [0.15, 0.2) is 46.1 Å². The highest BCUT2D eigenvalue weighted by molar-refractivity contribution is 9.10. The van der Waals surface area contributed by atoms with E-state index in [-0.39, 0.29) is 11.5 Å². The number of aryl methyl sites for hydroxylation is 1. The van der Waals surface area contributed by atoms with Crippen molar-refractivity contribution < 1.29 is 4.74 Å². The van der Waals surface area contributed by atoms with Gasteiger partial charge in [-0.15, -0.1) is 0 Å². The number of aliphatic imine (C=N–C) groups is 1. The smallest absolute Gasteiger partial charge is 0.193 e. The first kappa shape index (κ1) is 18.5. The van der Waals surface area contributed by atoms with Gasteiger partial charge in [0.1, 0.15) is 6.10 Å². The van der Waals surface area contributed by atoms with Crippen molar-refractivity contribution in [3.05, 3.63) is 52.3 Å². The van der Waals surface area contributed by atoms with Crippen LogP contribution in [0.2, 0.25) is 0 Å². The summed E-state index contributed by atoms with van der Waals surface area (Å²) < 4.78 is 8.98. The van der Waals surface area contributed by atoms with Gasteiger partial charge in [0, 0.05) is 48.8 Å². The molecule has 2 aliphatic rings. The monoisotopic (exact) mass is 431 g/mol. The van der Waals surface area contributed by atoms with Crippen molar-refractivity contribution >= 4 is 21.9 Å². The fourth-order valence-electron chi connectivity index (χ4n) is 3.81. The molecule has 1 aliphatic heterocycles.